The first kappa shape index (κ1) is 19.7. The van der Waals surface area contributed by atoms with E-state index in [0.717, 1.165) is 0 Å². The number of carbonyl (C=O) groups is 2. The molecule has 5 nitrogen and oxygen atoms in total. The highest BCUT2D eigenvalue weighted by Crippen LogP contribution is 2.23. The molecule has 0 spiro atoms. The number of benzene rings is 1. The normalized spacial score (nSPS) is 11.5. The summed E-state index contributed by atoms with van der Waals surface area (Å²) in [6.07, 6.45) is 0. The molecule has 0 saturated carbocycles. The van der Waals surface area contributed by atoms with Crippen molar-refractivity contribution >= 4 is 23.5 Å². The Hall–Kier alpha value is -2.65. The van der Waals surface area contributed by atoms with Gasteiger partial charge in [0.2, 0.25) is 5.91 Å². The molecule has 0 aliphatic carbocycles. The average molecular weight is 367 g/mol. The van der Waals surface area contributed by atoms with Crippen LogP contribution >= 0.6 is 11.8 Å². The molecule has 2 aromatic rings. The first-order chi connectivity index (χ1) is 12.4. The Morgan fingerprint density at radius 1 is 1.31 bits per heavy atom. The van der Waals surface area contributed by atoms with E-state index in [9.17, 15) is 14.9 Å². The van der Waals surface area contributed by atoms with Gasteiger partial charge in [0.1, 0.15) is 11.1 Å². The predicted octanol–water partition coefficient (Wildman–Crippen LogP) is 3.48. The van der Waals surface area contributed by atoms with E-state index >= 15 is 0 Å². The van der Waals surface area contributed by atoms with E-state index < -0.39 is 0 Å². The Morgan fingerprint density at radius 3 is 2.62 bits per heavy atom. The van der Waals surface area contributed by atoms with Crippen LogP contribution in [0.25, 0.3) is 0 Å². The Labute approximate surface area is 157 Å². The number of nitriles is 1. The molecule has 0 bridgehead atoms. The highest BCUT2D eigenvalue weighted by molar-refractivity contribution is 8.00. The van der Waals surface area contributed by atoms with Crippen LogP contribution in [0.3, 0.4) is 0 Å². The summed E-state index contributed by atoms with van der Waals surface area (Å²) in [6.45, 7) is 5.77. The summed E-state index contributed by atoms with van der Waals surface area (Å²) in [5.41, 5.74) is 2.49. The molecule has 0 saturated heterocycles. The molecule has 26 heavy (non-hydrogen) atoms. The lowest BCUT2D eigenvalue weighted by molar-refractivity contribution is -0.118. The Bertz CT molecular complexity index is 844. The predicted molar refractivity (Wildman–Crippen MR) is 102 cm³/mol. The van der Waals surface area contributed by atoms with Crippen LogP contribution in [0.4, 0.5) is 0 Å². The van der Waals surface area contributed by atoms with Gasteiger partial charge in [0, 0.05) is 17.8 Å². The van der Waals surface area contributed by atoms with Crippen molar-refractivity contribution in [3.05, 3.63) is 58.8 Å². The van der Waals surface area contributed by atoms with Gasteiger partial charge in [0.25, 0.3) is 0 Å². The summed E-state index contributed by atoms with van der Waals surface area (Å²) in [5, 5.41) is 12.6. The Balaban J connectivity index is 1.94. The van der Waals surface area contributed by atoms with Crippen molar-refractivity contribution in [2.24, 2.45) is 0 Å². The van der Waals surface area contributed by atoms with Crippen LogP contribution in [0.15, 0.2) is 41.4 Å². The van der Waals surface area contributed by atoms with E-state index in [4.69, 9.17) is 0 Å². The van der Waals surface area contributed by atoms with Crippen molar-refractivity contribution in [3.63, 3.8) is 0 Å². The second-order valence-electron chi connectivity index (χ2n) is 6.05. The third-order valence-corrected chi connectivity index (χ3v) is 4.98. The van der Waals surface area contributed by atoms with Crippen LogP contribution in [0.2, 0.25) is 0 Å². The maximum atomic E-state index is 12.1. The van der Waals surface area contributed by atoms with Crippen molar-refractivity contribution in [1.29, 1.82) is 5.26 Å². The van der Waals surface area contributed by atoms with Gasteiger partial charge in [-0.2, -0.15) is 5.26 Å². The number of carbonyl (C=O) groups excluding carboxylic acids is 2. The lowest BCUT2D eigenvalue weighted by Crippen LogP contribution is -2.29. The van der Waals surface area contributed by atoms with Crippen LogP contribution < -0.4 is 5.32 Å². The van der Waals surface area contributed by atoms with Crippen LogP contribution in [0.1, 0.15) is 46.9 Å². The fourth-order valence-corrected chi connectivity index (χ4v) is 3.31. The number of nitrogens with one attached hydrogen (secondary N) is 1. The molecule has 1 N–H and O–H groups in total. The number of ketones is 1. The maximum Gasteiger partial charge on any atom is 0.230 e. The van der Waals surface area contributed by atoms with Crippen molar-refractivity contribution < 1.29 is 9.59 Å². The average Bonchev–Trinajstić information content (AvgIpc) is 2.64. The van der Waals surface area contributed by atoms with Crippen LogP contribution in [0.5, 0.6) is 0 Å². The minimum atomic E-state index is -0.129. The van der Waals surface area contributed by atoms with Crippen LogP contribution in [-0.4, -0.2) is 29.0 Å². The summed E-state index contributed by atoms with van der Waals surface area (Å²) < 4.78 is 0. The maximum absolute atomic E-state index is 12.1. The number of aromatic nitrogens is 1. The fourth-order valence-electron chi connectivity index (χ4n) is 2.48. The topological polar surface area (TPSA) is 82.8 Å². The molecule has 134 valence electrons. The monoisotopic (exact) mass is 367 g/mol. The van der Waals surface area contributed by atoms with Gasteiger partial charge < -0.3 is 5.32 Å². The Morgan fingerprint density at radius 2 is 2.00 bits per heavy atom. The minimum Gasteiger partial charge on any atom is -0.355 e. The number of pyridine rings is 1. The molecule has 1 aromatic heterocycles. The largest absolute Gasteiger partial charge is 0.355 e. The van der Waals surface area contributed by atoms with Crippen molar-refractivity contribution in [2.75, 3.05) is 12.3 Å². The number of nitrogens with zero attached hydrogens (tertiary/aromatic N) is 2. The summed E-state index contributed by atoms with van der Waals surface area (Å²) in [7, 11) is 0. The molecule has 0 aliphatic heterocycles. The van der Waals surface area contributed by atoms with Gasteiger partial charge in [-0.05, 0) is 31.4 Å². The van der Waals surface area contributed by atoms with E-state index in [0.29, 0.717) is 28.4 Å². The van der Waals surface area contributed by atoms with Gasteiger partial charge >= 0.3 is 0 Å². The summed E-state index contributed by atoms with van der Waals surface area (Å²) in [4.78, 5) is 28.0. The number of amides is 1. The number of hydrogen-bond acceptors (Lipinski definition) is 5. The number of thioether (sulfide) groups is 1. The van der Waals surface area contributed by atoms with E-state index in [1.165, 1.54) is 24.2 Å². The fraction of sp³-hybridized carbons (Fsp3) is 0.300. The molecular formula is C20H21N3O2S. The smallest absolute Gasteiger partial charge is 0.230 e. The van der Waals surface area contributed by atoms with Gasteiger partial charge in [-0.1, -0.05) is 49.0 Å². The zero-order chi connectivity index (χ0) is 19.1. The molecular weight excluding hydrogens is 346 g/mol. The number of aryl methyl sites for hydroxylation is 1. The number of hydrogen-bond donors (Lipinski definition) is 1. The van der Waals surface area contributed by atoms with Crippen LogP contribution in [0, 0.1) is 18.3 Å². The summed E-state index contributed by atoms with van der Waals surface area (Å²) in [5.74, 6) is 0.143. The van der Waals surface area contributed by atoms with E-state index in [-0.39, 0.29) is 23.4 Å². The van der Waals surface area contributed by atoms with Crippen molar-refractivity contribution in [2.45, 2.75) is 31.7 Å². The van der Waals surface area contributed by atoms with E-state index in [2.05, 4.69) is 17.2 Å². The van der Waals surface area contributed by atoms with Gasteiger partial charge in [0.05, 0.1) is 11.3 Å². The molecule has 1 unspecified atom stereocenters. The highest BCUT2D eigenvalue weighted by Gasteiger charge is 2.14. The zero-order valence-corrected chi connectivity index (χ0v) is 15.9. The first-order valence-electron chi connectivity index (χ1n) is 8.29. The van der Waals surface area contributed by atoms with Crippen LogP contribution in [-0.2, 0) is 4.79 Å². The lowest BCUT2D eigenvalue weighted by Gasteiger charge is -2.13. The summed E-state index contributed by atoms with van der Waals surface area (Å²) >= 11 is 1.20. The molecule has 0 aliphatic rings. The quantitative estimate of drug-likeness (QED) is 0.598. The molecule has 0 radical (unpaired) electrons. The molecule has 1 aromatic carbocycles. The van der Waals surface area contributed by atoms with Gasteiger partial charge in [-0.15, -0.1) is 0 Å². The third kappa shape index (κ3) is 5.17. The van der Waals surface area contributed by atoms with Gasteiger partial charge in [-0.25, -0.2) is 4.98 Å². The SMILES string of the molecule is CC(=O)c1cc(C#N)c(SCC(=O)NCC(C)c2ccccc2)nc1C. The molecule has 1 atom stereocenters. The Kier molecular flexibility index (Phi) is 6.93. The molecule has 0 fully saturated rings. The standard InChI is InChI=1S/C20H21N3O2S/c1-13(16-7-5-4-6-8-16)11-22-19(25)12-26-20-17(10-21)9-18(15(3)24)14(2)23-20/h4-9,13H,11-12H2,1-3H3,(H,22,25). The van der Waals surface area contributed by atoms with E-state index in [1.54, 1.807) is 13.0 Å². The third-order valence-electron chi connectivity index (χ3n) is 3.99. The minimum absolute atomic E-state index is 0.114. The lowest BCUT2D eigenvalue weighted by atomic mass is 10.0. The highest BCUT2D eigenvalue weighted by atomic mass is 32.2. The van der Waals surface area contributed by atoms with Crippen molar-refractivity contribution in [1.82, 2.24) is 10.3 Å². The summed E-state index contributed by atoms with van der Waals surface area (Å²) in [6, 6.07) is 13.6. The first-order valence-corrected chi connectivity index (χ1v) is 9.28. The second kappa shape index (κ2) is 9.16. The van der Waals surface area contributed by atoms with Gasteiger partial charge in [0.15, 0.2) is 5.78 Å². The second-order valence-corrected chi connectivity index (χ2v) is 7.01. The molecule has 1 heterocycles. The van der Waals surface area contributed by atoms with Crippen molar-refractivity contribution in [3.8, 4) is 6.07 Å². The molecule has 6 heteroatoms. The van der Waals surface area contributed by atoms with Gasteiger partial charge in [-0.3, -0.25) is 9.59 Å². The number of rotatable bonds is 7. The molecule has 1 amide bonds. The zero-order valence-electron chi connectivity index (χ0n) is 15.1. The number of Topliss-reactive ketones (excluding diaryl/α,β-unsaturated/α-hetero) is 1. The molecule has 2 rings (SSSR count). The van der Waals surface area contributed by atoms with E-state index in [1.807, 2.05) is 36.4 Å².